The van der Waals surface area contributed by atoms with Crippen molar-refractivity contribution in [3.8, 4) is 0 Å². The Labute approximate surface area is 164 Å². The number of carbonyl (C=O) groups excluding carboxylic acids is 1. The molecule has 3 aromatic carbocycles. The molecule has 144 valence electrons. The Kier molecular flexibility index (Phi) is 6.13. The molecule has 0 spiro atoms. The predicted octanol–water partition coefficient (Wildman–Crippen LogP) is 4.26. The van der Waals surface area contributed by atoms with Gasteiger partial charge in [0.1, 0.15) is 0 Å². The molecule has 3 rings (SSSR count). The van der Waals surface area contributed by atoms with E-state index in [4.69, 9.17) is 9.29 Å². The van der Waals surface area contributed by atoms with Crippen LogP contribution in [0.2, 0.25) is 0 Å². The number of carboxylic acids is 1. The molecule has 28 heavy (non-hydrogen) atoms. The molecule has 1 atom stereocenters. The first kappa shape index (κ1) is 19.7. The molecule has 1 unspecified atom stereocenters. The maximum atomic E-state index is 12.7. The van der Waals surface area contributed by atoms with Crippen LogP contribution < -0.4 is 0 Å². The Balaban J connectivity index is 2.17. The number of benzene rings is 3. The minimum Gasteiger partial charge on any atom is -0.479 e. The zero-order valence-corrected chi connectivity index (χ0v) is 15.8. The van der Waals surface area contributed by atoms with Crippen molar-refractivity contribution < 1.29 is 24.0 Å². The van der Waals surface area contributed by atoms with Crippen LogP contribution in [0.15, 0.2) is 106 Å². The first-order valence-corrected chi connectivity index (χ1v) is 10.2. The van der Waals surface area contributed by atoms with Crippen molar-refractivity contribution in [2.75, 3.05) is 0 Å². The molecule has 0 saturated heterocycles. The standard InChI is InChI=1S/C22H20O5S/c23-20(22(25)26)16-21(24)27-28(17-10-4-1-5-11-17,18-12-6-2-7-13-18)19-14-8-3-9-15-19/h1-15,20,23H,16H2,(H,25,26). The van der Waals surface area contributed by atoms with E-state index in [2.05, 4.69) is 0 Å². The molecule has 0 bridgehead atoms. The summed E-state index contributed by atoms with van der Waals surface area (Å²) in [5.41, 5.74) is 0. The van der Waals surface area contributed by atoms with Gasteiger partial charge in [0.25, 0.3) is 0 Å². The van der Waals surface area contributed by atoms with Crippen molar-refractivity contribution in [1.82, 2.24) is 0 Å². The first-order valence-electron chi connectivity index (χ1n) is 8.66. The second-order valence-electron chi connectivity index (χ2n) is 6.01. The summed E-state index contributed by atoms with van der Waals surface area (Å²) in [6.45, 7) is 0. The van der Waals surface area contributed by atoms with Crippen molar-refractivity contribution in [2.24, 2.45) is 0 Å². The minimum absolute atomic E-state index is 0.628. The SMILES string of the molecule is O=C(CC(O)C(=O)O)OS(c1ccccc1)(c1ccccc1)c1ccccc1. The van der Waals surface area contributed by atoms with Crippen molar-refractivity contribution >= 4 is 22.2 Å². The molecule has 0 radical (unpaired) electrons. The molecular formula is C22H20O5S. The normalized spacial score (nSPS) is 12.8. The van der Waals surface area contributed by atoms with Gasteiger partial charge in [0, 0.05) is 14.7 Å². The molecule has 2 N–H and O–H groups in total. The van der Waals surface area contributed by atoms with Crippen LogP contribution >= 0.6 is 10.3 Å². The Morgan fingerprint density at radius 2 is 1.11 bits per heavy atom. The lowest BCUT2D eigenvalue weighted by molar-refractivity contribution is -0.151. The summed E-state index contributed by atoms with van der Waals surface area (Å²) < 4.78 is 6.04. The molecule has 0 fully saturated rings. The van der Waals surface area contributed by atoms with Gasteiger partial charge in [0.2, 0.25) is 0 Å². The van der Waals surface area contributed by atoms with Crippen molar-refractivity contribution in [3.05, 3.63) is 91.0 Å². The highest BCUT2D eigenvalue weighted by Gasteiger charge is 2.36. The number of aliphatic hydroxyl groups excluding tert-OH is 1. The number of carboxylic acid groups (broad SMARTS) is 1. The minimum atomic E-state index is -2.46. The first-order chi connectivity index (χ1) is 13.5. The Morgan fingerprint density at radius 3 is 1.43 bits per heavy atom. The molecule has 0 aliphatic carbocycles. The van der Waals surface area contributed by atoms with Gasteiger partial charge in [-0.2, -0.15) is 0 Å². The lowest BCUT2D eigenvalue weighted by Gasteiger charge is -2.39. The Morgan fingerprint density at radius 1 is 0.750 bits per heavy atom. The molecule has 5 nitrogen and oxygen atoms in total. The van der Waals surface area contributed by atoms with Gasteiger partial charge in [-0.3, -0.25) is 4.79 Å². The van der Waals surface area contributed by atoms with Gasteiger partial charge in [0.15, 0.2) is 6.10 Å². The number of rotatable bonds is 7. The van der Waals surface area contributed by atoms with Gasteiger partial charge >= 0.3 is 11.9 Å². The monoisotopic (exact) mass is 396 g/mol. The molecular weight excluding hydrogens is 376 g/mol. The third-order valence-corrected chi connectivity index (χ3v) is 7.33. The van der Waals surface area contributed by atoms with Crippen LogP contribution in [-0.2, 0) is 13.8 Å². The highest BCUT2D eigenvalue weighted by Crippen LogP contribution is 2.69. The Hall–Kier alpha value is -3.09. The van der Waals surface area contributed by atoms with Gasteiger partial charge < -0.3 is 14.4 Å². The number of aliphatic carboxylic acids is 1. The van der Waals surface area contributed by atoms with Crippen LogP contribution in [0.1, 0.15) is 6.42 Å². The summed E-state index contributed by atoms with van der Waals surface area (Å²) >= 11 is 0. The molecule has 0 aromatic heterocycles. The van der Waals surface area contributed by atoms with Crippen LogP contribution in [0.5, 0.6) is 0 Å². The van der Waals surface area contributed by atoms with Crippen molar-refractivity contribution in [3.63, 3.8) is 0 Å². The van der Waals surface area contributed by atoms with Gasteiger partial charge in [-0.1, -0.05) is 54.6 Å². The molecule has 0 amide bonds. The van der Waals surface area contributed by atoms with Crippen molar-refractivity contribution in [1.29, 1.82) is 0 Å². The highest BCUT2D eigenvalue weighted by atomic mass is 32.3. The summed E-state index contributed by atoms with van der Waals surface area (Å²) in [7, 11) is -2.46. The number of carbonyl (C=O) groups is 2. The topological polar surface area (TPSA) is 83.8 Å². The molecule has 0 heterocycles. The van der Waals surface area contributed by atoms with Gasteiger partial charge in [-0.05, 0) is 46.7 Å². The fourth-order valence-electron chi connectivity index (χ4n) is 2.81. The van der Waals surface area contributed by atoms with Gasteiger partial charge in [0.05, 0.1) is 6.42 Å². The quantitative estimate of drug-likeness (QED) is 0.623. The molecule has 0 aliphatic rings. The largest absolute Gasteiger partial charge is 0.479 e. The second kappa shape index (κ2) is 8.73. The van der Waals surface area contributed by atoms with Crippen molar-refractivity contribution in [2.45, 2.75) is 27.2 Å². The van der Waals surface area contributed by atoms with Crippen LogP contribution in [0, 0.1) is 0 Å². The second-order valence-corrected chi connectivity index (χ2v) is 8.70. The van der Waals surface area contributed by atoms with E-state index in [0.717, 1.165) is 14.7 Å². The molecule has 3 aromatic rings. The number of hydrogen-bond donors (Lipinski definition) is 2. The van der Waals surface area contributed by atoms with Crippen LogP contribution in [0.3, 0.4) is 0 Å². The third kappa shape index (κ3) is 4.08. The summed E-state index contributed by atoms with van der Waals surface area (Å²) in [6, 6.07) is 28.1. The molecule has 6 heteroatoms. The summed E-state index contributed by atoms with van der Waals surface area (Å²) in [5.74, 6) is -2.24. The number of aliphatic hydroxyl groups is 1. The fraction of sp³-hybridized carbons (Fsp3) is 0.0909. The summed E-state index contributed by atoms with van der Waals surface area (Å²) in [6.07, 6.45) is -2.44. The summed E-state index contributed by atoms with van der Waals surface area (Å²) in [4.78, 5) is 26.0. The smallest absolute Gasteiger partial charge is 0.333 e. The van der Waals surface area contributed by atoms with Gasteiger partial charge in [-0.15, -0.1) is 0 Å². The van der Waals surface area contributed by atoms with Crippen LogP contribution in [0.4, 0.5) is 0 Å². The molecule has 0 saturated carbocycles. The van der Waals surface area contributed by atoms with E-state index in [1.54, 1.807) is 0 Å². The molecule has 0 aliphatic heterocycles. The Bertz CT molecular complexity index is 832. The van der Waals surface area contributed by atoms with Crippen LogP contribution in [-0.4, -0.2) is 28.3 Å². The van der Waals surface area contributed by atoms with E-state index >= 15 is 0 Å². The highest BCUT2D eigenvalue weighted by molar-refractivity contribution is 8.30. The summed E-state index contributed by atoms with van der Waals surface area (Å²) in [5, 5.41) is 18.5. The lowest BCUT2D eigenvalue weighted by Crippen LogP contribution is -2.25. The van der Waals surface area contributed by atoms with E-state index < -0.39 is 34.8 Å². The van der Waals surface area contributed by atoms with E-state index in [9.17, 15) is 14.7 Å². The zero-order chi connectivity index (χ0) is 20.0. The van der Waals surface area contributed by atoms with E-state index in [-0.39, 0.29) is 0 Å². The number of hydrogen-bond acceptors (Lipinski definition) is 4. The van der Waals surface area contributed by atoms with E-state index in [1.807, 2.05) is 91.0 Å². The fourth-order valence-corrected chi connectivity index (χ4v) is 5.88. The van der Waals surface area contributed by atoms with Crippen LogP contribution in [0.25, 0.3) is 0 Å². The van der Waals surface area contributed by atoms with E-state index in [1.165, 1.54) is 0 Å². The maximum Gasteiger partial charge on any atom is 0.333 e. The predicted molar refractivity (Wildman–Crippen MR) is 106 cm³/mol. The third-order valence-electron chi connectivity index (χ3n) is 4.09. The zero-order valence-electron chi connectivity index (χ0n) is 15.0. The maximum absolute atomic E-state index is 12.7. The average Bonchev–Trinajstić information content (AvgIpc) is 2.74. The van der Waals surface area contributed by atoms with Gasteiger partial charge in [-0.25, -0.2) is 4.79 Å². The van der Waals surface area contributed by atoms with E-state index in [0.29, 0.717) is 0 Å². The lowest BCUT2D eigenvalue weighted by atomic mass is 10.3. The average molecular weight is 396 g/mol.